The molecule has 0 heterocycles. The van der Waals surface area contributed by atoms with Gasteiger partial charge in [0.1, 0.15) is 5.75 Å². The highest BCUT2D eigenvalue weighted by Crippen LogP contribution is 2.12. The van der Waals surface area contributed by atoms with Gasteiger partial charge >= 0.3 is 5.97 Å². The third-order valence-electron chi connectivity index (χ3n) is 3.35. The fraction of sp³-hybridized carbons (Fsp3) is 0.588. The predicted molar refractivity (Wildman–Crippen MR) is 82.5 cm³/mol. The van der Waals surface area contributed by atoms with Crippen LogP contribution in [0.25, 0.3) is 0 Å². The topological polar surface area (TPSA) is 66.8 Å². The normalized spacial score (nSPS) is 12.0. The minimum atomic E-state index is -0.930. The molecule has 0 radical (unpaired) electrons. The van der Waals surface area contributed by atoms with E-state index in [9.17, 15) is 9.90 Å². The number of aliphatic hydroxyl groups excluding tert-OH is 1. The molecule has 0 aliphatic heterocycles. The molecule has 0 saturated heterocycles. The molecule has 1 rings (SSSR count). The summed E-state index contributed by atoms with van der Waals surface area (Å²) in [5, 5.41) is 17.9. The van der Waals surface area contributed by atoms with Crippen molar-refractivity contribution < 1.29 is 19.7 Å². The molecule has 21 heavy (non-hydrogen) atoms. The first kappa shape index (κ1) is 17.5. The molecule has 0 bridgehead atoms. The van der Waals surface area contributed by atoms with E-state index in [1.807, 2.05) is 30.3 Å². The highest BCUT2D eigenvalue weighted by molar-refractivity contribution is 5.67. The van der Waals surface area contributed by atoms with E-state index in [0.29, 0.717) is 6.42 Å². The quantitative estimate of drug-likeness (QED) is 0.578. The first-order chi connectivity index (χ1) is 10.2. The van der Waals surface area contributed by atoms with E-state index in [1.54, 1.807) is 0 Å². The van der Waals surface area contributed by atoms with Gasteiger partial charge in [-0.25, -0.2) is 0 Å². The molecule has 4 nitrogen and oxygen atoms in total. The van der Waals surface area contributed by atoms with Gasteiger partial charge in [-0.1, -0.05) is 50.3 Å². The van der Waals surface area contributed by atoms with Gasteiger partial charge in [0.25, 0.3) is 0 Å². The van der Waals surface area contributed by atoms with Gasteiger partial charge in [-0.3, -0.25) is 4.79 Å². The number of carboxylic acid groups (broad SMARTS) is 1. The first-order valence-electron chi connectivity index (χ1n) is 7.76. The summed E-state index contributed by atoms with van der Waals surface area (Å²) < 4.78 is 5.61. The van der Waals surface area contributed by atoms with Crippen LogP contribution in [0.5, 0.6) is 5.75 Å². The van der Waals surface area contributed by atoms with Gasteiger partial charge in [0.2, 0.25) is 0 Å². The van der Waals surface area contributed by atoms with Crippen LogP contribution in [-0.2, 0) is 4.79 Å². The van der Waals surface area contributed by atoms with E-state index in [4.69, 9.17) is 9.84 Å². The van der Waals surface area contributed by atoms with Crippen molar-refractivity contribution in [2.24, 2.45) is 0 Å². The summed E-state index contributed by atoms with van der Waals surface area (Å²) in [6.07, 6.45) is 6.19. The Morgan fingerprint density at radius 2 is 1.62 bits per heavy atom. The van der Waals surface area contributed by atoms with Crippen molar-refractivity contribution in [3.05, 3.63) is 30.3 Å². The summed E-state index contributed by atoms with van der Waals surface area (Å²) in [7, 11) is 0. The maximum atomic E-state index is 10.4. The summed E-state index contributed by atoms with van der Waals surface area (Å²) in [5.74, 6) is -0.00849. The van der Waals surface area contributed by atoms with E-state index in [1.165, 1.54) is 0 Å². The van der Waals surface area contributed by atoms with Crippen molar-refractivity contribution in [3.8, 4) is 5.75 Å². The molecule has 0 aromatic heterocycles. The molecule has 1 unspecified atom stereocenters. The van der Waals surface area contributed by atoms with Gasteiger partial charge in [-0.2, -0.15) is 0 Å². The molecule has 4 heteroatoms. The molecule has 1 aromatic rings. The number of para-hydroxylation sites is 1. The zero-order valence-corrected chi connectivity index (χ0v) is 12.5. The van der Waals surface area contributed by atoms with Gasteiger partial charge in [0.05, 0.1) is 19.1 Å². The van der Waals surface area contributed by atoms with Crippen LogP contribution in [0.2, 0.25) is 0 Å². The molecule has 2 N–H and O–H groups in total. The lowest BCUT2D eigenvalue weighted by atomic mass is 10.1. The second kappa shape index (κ2) is 11.1. The summed E-state index contributed by atoms with van der Waals surface area (Å²) in [5.41, 5.74) is 0. The van der Waals surface area contributed by atoms with E-state index in [0.717, 1.165) is 50.9 Å². The number of aliphatic hydroxyl groups is 1. The van der Waals surface area contributed by atoms with Gasteiger partial charge in [-0.05, 0) is 25.0 Å². The van der Waals surface area contributed by atoms with E-state index in [2.05, 4.69) is 0 Å². The summed E-state index contributed by atoms with van der Waals surface area (Å²) in [6, 6.07) is 9.83. The number of aliphatic carboxylic acids is 1. The minimum absolute atomic E-state index is 0.142. The zero-order chi connectivity index (χ0) is 15.3. The van der Waals surface area contributed by atoms with Crippen LogP contribution < -0.4 is 4.74 Å². The highest BCUT2D eigenvalue weighted by Gasteiger charge is 2.08. The number of hydrogen-bond acceptors (Lipinski definition) is 3. The Morgan fingerprint density at radius 3 is 2.29 bits per heavy atom. The van der Waals surface area contributed by atoms with E-state index < -0.39 is 12.1 Å². The Balaban J connectivity index is 1.86. The number of carbonyl (C=O) groups is 1. The fourth-order valence-corrected chi connectivity index (χ4v) is 2.20. The lowest BCUT2D eigenvalue weighted by Crippen LogP contribution is -2.12. The van der Waals surface area contributed by atoms with E-state index >= 15 is 0 Å². The molecular weight excluding hydrogens is 268 g/mol. The van der Waals surface area contributed by atoms with Gasteiger partial charge < -0.3 is 14.9 Å². The molecule has 0 aliphatic carbocycles. The Labute approximate surface area is 126 Å². The monoisotopic (exact) mass is 294 g/mol. The van der Waals surface area contributed by atoms with Crippen molar-refractivity contribution in [1.29, 1.82) is 0 Å². The third-order valence-corrected chi connectivity index (χ3v) is 3.35. The van der Waals surface area contributed by atoms with Crippen LogP contribution >= 0.6 is 0 Å². The summed E-state index contributed by atoms with van der Waals surface area (Å²) in [6.45, 7) is 0.751. The third kappa shape index (κ3) is 9.91. The van der Waals surface area contributed by atoms with Crippen LogP contribution in [0.15, 0.2) is 30.3 Å². The number of unbranched alkanes of at least 4 members (excludes halogenated alkanes) is 5. The molecular formula is C17H26O4. The average Bonchev–Trinajstić information content (AvgIpc) is 2.46. The largest absolute Gasteiger partial charge is 0.494 e. The molecule has 0 spiro atoms. The van der Waals surface area contributed by atoms with Gasteiger partial charge in [-0.15, -0.1) is 0 Å². The summed E-state index contributed by atoms with van der Waals surface area (Å²) in [4.78, 5) is 10.4. The van der Waals surface area contributed by atoms with Crippen molar-refractivity contribution in [1.82, 2.24) is 0 Å². The summed E-state index contributed by atoms with van der Waals surface area (Å²) >= 11 is 0. The Morgan fingerprint density at radius 1 is 1.00 bits per heavy atom. The van der Waals surface area contributed by atoms with Gasteiger partial charge in [0.15, 0.2) is 0 Å². The number of rotatable bonds is 12. The number of benzene rings is 1. The smallest absolute Gasteiger partial charge is 0.305 e. The van der Waals surface area contributed by atoms with Crippen LogP contribution in [-0.4, -0.2) is 28.9 Å². The van der Waals surface area contributed by atoms with Crippen molar-refractivity contribution >= 4 is 5.97 Å². The maximum Gasteiger partial charge on any atom is 0.305 e. The lowest BCUT2D eigenvalue weighted by Gasteiger charge is -2.07. The SMILES string of the molecule is O=C(O)CC(O)CCCCCCCCOc1ccccc1. The highest BCUT2D eigenvalue weighted by atomic mass is 16.5. The molecule has 1 atom stereocenters. The Hall–Kier alpha value is -1.55. The Bertz CT molecular complexity index is 378. The Kier molecular flexibility index (Phi) is 9.29. The van der Waals surface area contributed by atoms with Gasteiger partial charge in [0, 0.05) is 0 Å². The zero-order valence-electron chi connectivity index (χ0n) is 12.5. The fourth-order valence-electron chi connectivity index (χ4n) is 2.20. The van der Waals surface area contributed by atoms with E-state index in [-0.39, 0.29) is 6.42 Å². The molecule has 0 aliphatic rings. The molecule has 0 fully saturated rings. The molecule has 0 amide bonds. The number of hydrogen-bond donors (Lipinski definition) is 2. The van der Waals surface area contributed by atoms with Crippen LogP contribution in [0.1, 0.15) is 51.4 Å². The lowest BCUT2D eigenvalue weighted by molar-refractivity contribution is -0.139. The molecule has 118 valence electrons. The average molecular weight is 294 g/mol. The van der Waals surface area contributed by atoms with Crippen LogP contribution in [0, 0.1) is 0 Å². The van der Waals surface area contributed by atoms with Crippen LogP contribution in [0.3, 0.4) is 0 Å². The van der Waals surface area contributed by atoms with Crippen LogP contribution in [0.4, 0.5) is 0 Å². The first-order valence-corrected chi connectivity index (χ1v) is 7.76. The second-order valence-electron chi connectivity index (χ2n) is 5.32. The van der Waals surface area contributed by atoms with Crippen molar-refractivity contribution in [2.75, 3.05) is 6.61 Å². The van der Waals surface area contributed by atoms with Crippen molar-refractivity contribution in [3.63, 3.8) is 0 Å². The maximum absolute atomic E-state index is 10.4. The van der Waals surface area contributed by atoms with Crippen molar-refractivity contribution in [2.45, 2.75) is 57.5 Å². The molecule has 0 saturated carbocycles. The number of ether oxygens (including phenoxy) is 1. The second-order valence-corrected chi connectivity index (χ2v) is 5.32. The molecule has 1 aromatic carbocycles. The minimum Gasteiger partial charge on any atom is -0.494 e. The standard InChI is InChI=1S/C17H26O4/c18-15(14-17(19)20)10-6-3-1-2-4-9-13-21-16-11-7-5-8-12-16/h5,7-8,11-12,15,18H,1-4,6,9-10,13-14H2,(H,19,20). The number of carboxylic acids is 1. The predicted octanol–water partition coefficient (Wildman–Crippen LogP) is 3.63.